The molecule has 7 nitrogen and oxygen atoms in total. The average molecular weight is 474 g/mol. The number of imidazole rings is 1. The molecule has 35 heavy (non-hydrogen) atoms. The van der Waals surface area contributed by atoms with Crippen LogP contribution in [0.1, 0.15) is 24.8 Å². The fourth-order valence-electron chi connectivity index (χ4n) is 4.64. The molecule has 0 bridgehead atoms. The first-order valence-electron chi connectivity index (χ1n) is 12.3. The van der Waals surface area contributed by atoms with E-state index in [9.17, 15) is 4.39 Å². The third-order valence-corrected chi connectivity index (χ3v) is 6.74. The second kappa shape index (κ2) is 10.4. The number of aromatic nitrogens is 4. The van der Waals surface area contributed by atoms with Gasteiger partial charge < -0.3 is 20.1 Å². The number of hydrogen-bond acceptors (Lipinski definition) is 6. The van der Waals surface area contributed by atoms with Crippen LogP contribution in [0.3, 0.4) is 0 Å². The van der Waals surface area contributed by atoms with Gasteiger partial charge in [-0.25, -0.2) is 14.4 Å². The van der Waals surface area contributed by atoms with Crippen molar-refractivity contribution in [1.82, 2.24) is 24.8 Å². The number of aryl methyl sites for hydroxylation is 1. The van der Waals surface area contributed by atoms with Crippen molar-refractivity contribution < 1.29 is 4.39 Å². The second-order valence-electron chi connectivity index (χ2n) is 9.36. The number of benzene rings is 2. The van der Waals surface area contributed by atoms with E-state index >= 15 is 0 Å². The van der Waals surface area contributed by atoms with Crippen molar-refractivity contribution in [3.8, 4) is 11.4 Å². The van der Waals surface area contributed by atoms with Gasteiger partial charge in [-0.2, -0.15) is 4.98 Å². The Morgan fingerprint density at radius 2 is 1.83 bits per heavy atom. The first kappa shape index (κ1) is 23.2. The van der Waals surface area contributed by atoms with E-state index in [2.05, 4.69) is 49.4 Å². The Hall–Kier alpha value is -3.52. The monoisotopic (exact) mass is 473 g/mol. The lowest BCUT2D eigenvalue weighted by molar-refractivity contribution is 0.339. The van der Waals surface area contributed by atoms with Gasteiger partial charge in [-0.3, -0.25) is 0 Å². The van der Waals surface area contributed by atoms with Gasteiger partial charge in [0.15, 0.2) is 5.65 Å². The van der Waals surface area contributed by atoms with Crippen LogP contribution in [0.2, 0.25) is 0 Å². The molecule has 2 aromatic carbocycles. The highest BCUT2D eigenvalue weighted by molar-refractivity contribution is 5.78. The van der Waals surface area contributed by atoms with Gasteiger partial charge in [0.25, 0.3) is 0 Å². The van der Waals surface area contributed by atoms with Crippen LogP contribution in [0.5, 0.6) is 0 Å². The first-order chi connectivity index (χ1) is 17.1. The maximum absolute atomic E-state index is 14.1. The highest BCUT2D eigenvalue weighted by Gasteiger charge is 2.18. The number of rotatable bonds is 8. The molecule has 1 saturated heterocycles. The minimum absolute atomic E-state index is 0.239. The molecule has 1 fully saturated rings. The molecule has 5 rings (SSSR count). The SMILES string of the molecule is CN(C)c1ccc(-c2nc3cnc(NCc4ccccc4F)nc3n2CCC2CCNCC2)cc1. The Bertz CT molecular complexity index is 1280. The Morgan fingerprint density at radius 1 is 1.06 bits per heavy atom. The molecule has 3 heterocycles. The third-order valence-electron chi connectivity index (χ3n) is 6.74. The summed E-state index contributed by atoms with van der Waals surface area (Å²) in [7, 11) is 4.07. The third kappa shape index (κ3) is 5.27. The van der Waals surface area contributed by atoms with Gasteiger partial charge in [0, 0.05) is 44.0 Å². The zero-order valence-electron chi connectivity index (χ0n) is 20.3. The van der Waals surface area contributed by atoms with Crippen molar-refractivity contribution in [1.29, 1.82) is 0 Å². The van der Waals surface area contributed by atoms with E-state index in [1.807, 2.05) is 20.2 Å². The molecule has 0 spiro atoms. The van der Waals surface area contributed by atoms with Gasteiger partial charge in [-0.05, 0) is 68.6 Å². The van der Waals surface area contributed by atoms with E-state index in [1.54, 1.807) is 18.3 Å². The highest BCUT2D eigenvalue weighted by atomic mass is 19.1. The zero-order valence-corrected chi connectivity index (χ0v) is 20.3. The van der Waals surface area contributed by atoms with Crippen molar-refractivity contribution in [2.75, 3.05) is 37.4 Å². The van der Waals surface area contributed by atoms with E-state index < -0.39 is 0 Å². The molecule has 1 aliphatic rings. The highest BCUT2D eigenvalue weighted by Crippen LogP contribution is 2.28. The number of fused-ring (bicyclic) bond motifs is 1. The summed E-state index contributed by atoms with van der Waals surface area (Å²) in [5, 5.41) is 6.63. The zero-order chi connectivity index (χ0) is 24.2. The molecule has 0 unspecified atom stereocenters. The van der Waals surface area contributed by atoms with Crippen molar-refractivity contribution in [2.24, 2.45) is 5.92 Å². The van der Waals surface area contributed by atoms with Crippen LogP contribution in [0.25, 0.3) is 22.6 Å². The smallest absolute Gasteiger partial charge is 0.225 e. The minimum atomic E-state index is -0.239. The maximum Gasteiger partial charge on any atom is 0.225 e. The predicted octanol–water partition coefficient (Wildman–Crippen LogP) is 4.70. The van der Waals surface area contributed by atoms with Crippen molar-refractivity contribution in [3.63, 3.8) is 0 Å². The van der Waals surface area contributed by atoms with Crippen LogP contribution < -0.4 is 15.5 Å². The molecule has 2 N–H and O–H groups in total. The fraction of sp³-hybridized carbons (Fsp3) is 0.370. The summed E-state index contributed by atoms with van der Waals surface area (Å²) in [5.41, 5.74) is 4.35. The Balaban J connectivity index is 1.46. The molecule has 1 aliphatic heterocycles. The summed E-state index contributed by atoms with van der Waals surface area (Å²) in [6.07, 6.45) is 5.23. The molecule has 0 aliphatic carbocycles. The number of halogens is 1. The molecule has 4 aromatic rings. The molecule has 0 atom stereocenters. The van der Waals surface area contributed by atoms with Gasteiger partial charge >= 0.3 is 0 Å². The number of anilines is 2. The molecule has 8 heteroatoms. The molecular weight excluding hydrogens is 441 g/mol. The summed E-state index contributed by atoms with van der Waals surface area (Å²) < 4.78 is 16.3. The Morgan fingerprint density at radius 3 is 2.57 bits per heavy atom. The van der Waals surface area contributed by atoms with Gasteiger partial charge in [-0.1, -0.05) is 18.2 Å². The quantitative estimate of drug-likeness (QED) is 0.387. The lowest BCUT2D eigenvalue weighted by Crippen LogP contribution is -2.28. The summed E-state index contributed by atoms with van der Waals surface area (Å²) >= 11 is 0. The molecule has 2 aromatic heterocycles. The van der Waals surface area contributed by atoms with E-state index in [0.29, 0.717) is 24.0 Å². The summed E-state index contributed by atoms with van der Waals surface area (Å²) in [4.78, 5) is 16.3. The van der Waals surface area contributed by atoms with E-state index in [1.165, 1.54) is 18.9 Å². The van der Waals surface area contributed by atoms with Crippen molar-refractivity contribution in [3.05, 3.63) is 66.1 Å². The van der Waals surface area contributed by atoms with Crippen molar-refractivity contribution in [2.45, 2.75) is 32.4 Å². The molecule has 0 amide bonds. The largest absolute Gasteiger partial charge is 0.378 e. The molecule has 0 saturated carbocycles. The number of nitrogens with one attached hydrogen (secondary N) is 2. The number of hydrogen-bond donors (Lipinski definition) is 2. The predicted molar refractivity (Wildman–Crippen MR) is 139 cm³/mol. The summed E-state index contributed by atoms with van der Waals surface area (Å²) in [5.74, 6) is 1.83. The van der Waals surface area contributed by atoms with Gasteiger partial charge in [0.05, 0.1) is 6.20 Å². The van der Waals surface area contributed by atoms with Gasteiger partial charge in [0.1, 0.15) is 17.2 Å². The van der Waals surface area contributed by atoms with Crippen molar-refractivity contribution >= 4 is 22.8 Å². The molecule has 0 radical (unpaired) electrons. The Kier molecular flexibility index (Phi) is 6.90. The average Bonchev–Trinajstić information content (AvgIpc) is 3.25. The maximum atomic E-state index is 14.1. The Labute approximate surface area is 205 Å². The van der Waals surface area contributed by atoms with Crippen LogP contribution in [0.4, 0.5) is 16.0 Å². The topological polar surface area (TPSA) is 70.9 Å². The standard InChI is InChI=1S/C27H32FN7/c1-34(2)22-9-7-20(8-10-22)25-32-24-18-31-27(30-17-21-5-3-4-6-23(21)28)33-26(24)35(25)16-13-19-11-14-29-15-12-19/h3-10,18-19,29H,11-17H2,1-2H3,(H,30,31,33). The van der Waals surface area contributed by atoms with E-state index in [0.717, 1.165) is 54.3 Å². The van der Waals surface area contributed by atoms with Crippen LogP contribution in [-0.2, 0) is 13.1 Å². The van der Waals surface area contributed by atoms with Crippen LogP contribution in [0.15, 0.2) is 54.7 Å². The van der Waals surface area contributed by atoms with Crippen LogP contribution in [-0.4, -0.2) is 46.7 Å². The summed E-state index contributed by atoms with van der Waals surface area (Å²) in [6.45, 7) is 3.33. The lowest BCUT2D eigenvalue weighted by Gasteiger charge is -2.23. The van der Waals surface area contributed by atoms with Gasteiger partial charge in [-0.15, -0.1) is 0 Å². The lowest BCUT2D eigenvalue weighted by atomic mass is 9.95. The van der Waals surface area contributed by atoms with Crippen LogP contribution >= 0.6 is 0 Å². The van der Waals surface area contributed by atoms with E-state index in [4.69, 9.17) is 9.97 Å². The number of nitrogens with zero attached hydrogens (tertiary/aromatic N) is 5. The molecule has 182 valence electrons. The first-order valence-corrected chi connectivity index (χ1v) is 12.3. The number of piperidine rings is 1. The van der Waals surface area contributed by atoms with Gasteiger partial charge in [0.2, 0.25) is 5.95 Å². The summed E-state index contributed by atoms with van der Waals surface area (Å²) in [6, 6.07) is 15.2. The normalized spacial score (nSPS) is 14.4. The van der Waals surface area contributed by atoms with Crippen LogP contribution in [0, 0.1) is 11.7 Å². The fourth-order valence-corrected chi connectivity index (χ4v) is 4.64. The molecular formula is C27H32FN7. The second-order valence-corrected chi connectivity index (χ2v) is 9.36. The van der Waals surface area contributed by atoms with E-state index in [-0.39, 0.29) is 5.82 Å². The minimum Gasteiger partial charge on any atom is -0.378 e.